The van der Waals surface area contributed by atoms with E-state index in [4.69, 9.17) is 4.74 Å². The van der Waals surface area contributed by atoms with Gasteiger partial charge in [-0.25, -0.2) is 0 Å². The number of aromatic nitrogens is 2. The van der Waals surface area contributed by atoms with Gasteiger partial charge in [0.1, 0.15) is 10.8 Å². The van der Waals surface area contributed by atoms with E-state index in [-0.39, 0.29) is 24.8 Å². The fourth-order valence-corrected chi connectivity index (χ4v) is 4.84. The zero-order valence-electron chi connectivity index (χ0n) is 14.6. The summed E-state index contributed by atoms with van der Waals surface area (Å²) in [5, 5.41) is 10.6. The van der Waals surface area contributed by atoms with Crippen LogP contribution in [0.5, 0.6) is 5.75 Å². The lowest BCUT2D eigenvalue weighted by Gasteiger charge is -2.26. The van der Waals surface area contributed by atoms with E-state index in [1.165, 1.54) is 5.56 Å². The average Bonchev–Trinajstić information content (AvgIpc) is 3.21. The summed E-state index contributed by atoms with van der Waals surface area (Å²) < 4.78 is 5.29. The van der Waals surface area contributed by atoms with Gasteiger partial charge >= 0.3 is 0 Å². The second-order valence-corrected chi connectivity index (χ2v) is 7.75. The SMILES string of the molecule is COc1ccc([C@@H]2[C@@H]3CN(c4nnc(C)s4)C[C@@H]3CN2C)cc1.Cl.Cl. The van der Waals surface area contributed by atoms with Gasteiger partial charge in [0.2, 0.25) is 5.13 Å². The van der Waals surface area contributed by atoms with Crippen molar-refractivity contribution in [3.63, 3.8) is 0 Å². The molecule has 2 aliphatic heterocycles. The third-order valence-electron chi connectivity index (χ3n) is 5.14. The van der Waals surface area contributed by atoms with Crippen molar-refractivity contribution in [3.8, 4) is 5.75 Å². The van der Waals surface area contributed by atoms with Crippen molar-refractivity contribution in [1.82, 2.24) is 15.1 Å². The summed E-state index contributed by atoms with van der Waals surface area (Å²) in [6.07, 6.45) is 0. The lowest BCUT2D eigenvalue weighted by molar-refractivity contribution is 0.279. The summed E-state index contributed by atoms with van der Waals surface area (Å²) in [5.41, 5.74) is 1.39. The number of hydrogen-bond donors (Lipinski definition) is 0. The lowest BCUT2D eigenvalue weighted by Crippen LogP contribution is -2.29. The Kier molecular flexibility index (Phi) is 6.54. The van der Waals surface area contributed by atoms with E-state index >= 15 is 0 Å². The molecule has 2 aromatic rings. The van der Waals surface area contributed by atoms with Gasteiger partial charge < -0.3 is 9.64 Å². The molecule has 0 aliphatic carbocycles. The number of hydrogen-bond acceptors (Lipinski definition) is 6. The van der Waals surface area contributed by atoms with Gasteiger partial charge in [0.15, 0.2) is 0 Å². The summed E-state index contributed by atoms with van der Waals surface area (Å²) in [6.45, 7) is 5.33. The summed E-state index contributed by atoms with van der Waals surface area (Å²) in [6, 6.07) is 9.03. The largest absolute Gasteiger partial charge is 0.497 e. The minimum absolute atomic E-state index is 0. The molecule has 1 aromatic heterocycles. The highest BCUT2D eigenvalue weighted by Gasteiger charge is 2.46. The maximum atomic E-state index is 5.29. The molecule has 0 N–H and O–H groups in total. The van der Waals surface area contributed by atoms with E-state index in [0.717, 1.165) is 35.5 Å². The molecule has 138 valence electrons. The van der Waals surface area contributed by atoms with E-state index in [2.05, 4.69) is 51.3 Å². The first-order valence-corrected chi connectivity index (χ1v) is 8.86. The van der Waals surface area contributed by atoms with Gasteiger partial charge in [-0.05, 0) is 37.6 Å². The molecular formula is C17H24Cl2N4OS. The van der Waals surface area contributed by atoms with Crippen LogP contribution in [0.1, 0.15) is 16.6 Å². The van der Waals surface area contributed by atoms with Crippen molar-refractivity contribution in [3.05, 3.63) is 34.8 Å². The summed E-state index contributed by atoms with van der Waals surface area (Å²) in [4.78, 5) is 4.92. The molecule has 2 saturated heterocycles. The minimum Gasteiger partial charge on any atom is -0.497 e. The number of benzene rings is 1. The zero-order chi connectivity index (χ0) is 16.0. The van der Waals surface area contributed by atoms with Gasteiger partial charge in [0, 0.05) is 31.6 Å². The fourth-order valence-electron chi connectivity index (χ4n) is 4.13. The van der Waals surface area contributed by atoms with Gasteiger partial charge in [-0.1, -0.05) is 23.5 Å². The molecule has 0 amide bonds. The van der Waals surface area contributed by atoms with E-state index in [1.54, 1.807) is 18.4 Å². The average molecular weight is 403 g/mol. The fraction of sp³-hybridized carbons (Fsp3) is 0.529. The van der Waals surface area contributed by atoms with Gasteiger partial charge in [-0.3, -0.25) is 4.90 Å². The normalized spacial score (nSPS) is 25.2. The number of methoxy groups -OCH3 is 1. The van der Waals surface area contributed by atoms with E-state index in [9.17, 15) is 0 Å². The summed E-state index contributed by atoms with van der Waals surface area (Å²) in [5.74, 6) is 2.28. The van der Waals surface area contributed by atoms with Crippen molar-refractivity contribution < 1.29 is 4.74 Å². The molecule has 5 nitrogen and oxygen atoms in total. The first-order valence-electron chi connectivity index (χ1n) is 8.05. The van der Waals surface area contributed by atoms with Gasteiger partial charge in [-0.15, -0.1) is 35.0 Å². The Hall–Kier alpha value is -1.08. The van der Waals surface area contributed by atoms with Crippen LogP contribution in [0.2, 0.25) is 0 Å². The Morgan fingerprint density at radius 2 is 1.80 bits per heavy atom. The first kappa shape index (κ1) is 20.2. The number of anilines is 1. The monoisotopic (exact) mass is 402 g/mol. The van der Waals surface area contributed by atoms with Crippen LogP contribution in [-0.2, 0) is 0 Å². The molecule has 3 heterocycles. The quantitative estimate of drug-likeness (QED) is 0.786. The lowest BCUT2D eigenvalue weighted by atomic mass is 9.89. The maximum absolute atomic E-state index is 5.29. The van der Waals surface area contributed by atoms with Crippen LogP contribution in [-0.4, -0.2) is 48.9 Å². The predicted octanol–water partition coefficient (Wildman–Crippen LogP) is 3.44. The molecule has 3 atom stereocenters. The third kappa shape index (κ3) is 3.72. The second-order valence-electron chi connectivity index (χ2n) is 6.59. The van der Waals surface area contributed by atoms with Gasteiger partial charge in [-0.2, -0.15) is 0 Å². The highest BCUT2D eigenvalue weighted by molar-refractivity contribution is 7.15. The molecular weight excluding hydrogens is 379 g/mol. The zero-order valence-corrected chi connectivity index (χ0v) is 17.0. The van der Waals surface area contributed by atoms with E-state index in [0.29, 0.717) is 17.9 Å². The molecule has 0 spiro atoms. The van der Waals surface area contributed by atoms with Crippen LogP contribution in [0.15, 0.2) is 24.3 Å². The molecule has 2 fully saturated rings. The van der Waals surface area contributed by atoms with Crippen LogP contribution in [0.4, 0.5) is 5.13 Å². The Balaban J connectivity index is 0.00000113. The summed E-state index contributed by atoms with van der Waals surface area (Å²) >= 11 is 1.70. The molecule has 2 aliphatic rings. The number of halogens is 2. The predicted molar refractivity (Wildman–Crippen MR) is 107 cm³/mol. The van der Waals surface area contributed by atoms with E-state index < -0.39 is 0 Å². The minimum atomic E-state index is 0. The molecule has 8 heteroatoms. The molecule has 4 rings (SSSR count). The van der Waals surface area contributed by atoms with Crippen molar-refractivity contribution >= 4 is 41.3 Å². The van der Waals surface area contributed by atoms with Crippen LogP contribution in [0.25, 0.3) is 0 Å². The van der Waals surface area contributed by atoms with Crippen molar-refractivity contribution in [2.45, 2.75) is 13.0 Å². The third-order valence-corrected chi connectivity index (χ3v) is 6.04. The molecule has 0 unspecified atom stereocenters. The molecule has 0 radical (unpaired) electrons. The number of fused-ring (bicyclic) bond motifs is 1. The number of rotatable bonds is 3. The highest BCUT2D eigenvalue weighted by Crippen LogP contribution is 2.45. The van der Waals surface area contributed by atoms with Crippen molar-refractivity contribution in [2.24, 2.45) is 11.8 Å². The Labute approximate surface area is 165 Å². The highest BCUT2D eigenvalue weighted by atomic mass is 35.5. The van der Waals surface area contributed by atoms with Crippen molar-refractivity contribution in [2.75, 3.05) is 38.7 Å². The molecule has 1 aromatic carbocycles. The van der Waals surface area contributed by atoms with Crippen LogP contribution in [0, 0.1) is 18.8 Å². The van der Waals surface area contributed by atoms with Crippen molar-refractivity contribution in [1.29, 1.82) is 0 Å². The van der Waals surface area contributed by atoms with Crippen LogP contribution < -0.4 is 9.64 Å². The smallest absolute Gasteiger partial charge is 0.208 e. The number of ether oxygens (including phenoxy) is 1. The molecule has 25 heavy (non-hydrogen) atoms. The number of nitrogens with zero attached hydrogens (tertiary/aromatic N) is 4. The van der Waals surface area contributed by atoms with Gasteiger partial charge in [0.05, 0.1) is 7.11 Å². The van der Waals surface area contributed by atoms with Crippen LogP contribution in [0.3, 0.4) is 0 Å². The first-order chi connectivity index (χ1) is 11.2. The standard InChI is InChI=1S/C17H22N4OS.2ClH/c1-11-18-19-17(23-11)21-9-13-8-20(2)16(15(13)10-21)12-4-6-14(22-3)7-5-12;;/h4-7,13,15-16H,8-10H2,1-3H3;2*1H/t13-,15+,16+;;/m0../s1. The maximum Gasteiger partial charge on any atom is 0.208 e. The molecule has 0 bridgehead atoms. The molecule has 0 saturated carbocycles. The van der Waals surface area contributed by atoms with Gasteiger partial charge in [0.25, 0.3) is 0 Å². The topological polar surface area (TPSA) is 41.5 Å². The Morgan fingerprint density at radius 3 is 2.40 bits per heavy atom. The van der Waals surface area contributed by atoms with E-state index in [1.807, 2.05) is 6.92 Å². The number of likely N-dealkylation sites (tertiary alicyclic amines) is 1. The van der Waals surface area contributed by atoms with Crippen LogP contribution >= 0.6 is 36.2 Å². The Bertz CT molecular complexity index is 696. The number of aryl methyl sites for hydroxylation is 1. The second kappa shape index (κ2) is 8.08. The summed E-state index contributed by atoms with van der Waals surface area (Å²) in [7, 11) is 3.96. The Morgan fingerprint density at radius 1 is 1.08 bits per heavy atom.